The van der Waals surface area contributed by atoms with E-state index in [0.29, 0.717) is 26.4 Å². The quantitative estimate of drug-likeness (QED) is 0.183. The van der Waals surface area contributed by atoms with Crippen molar-refractivity contribution in [1.29, 1.82) is 0 Å². The first kappa shape index (κ1) is 26.8. The van der Waals surface area contributed by atoms with Crippen LogP contribution in [0.15, 0.2) is 4.52 Å². The third-order valence-corrected chi connectivity index (χ3v) is 14.1. The van der Waals surface area contributed by atoms with E-state index >= 15 is 0 Å². The van der Waals surface area contributed by atoms with Crippen molar-refractivity contribution < 1.29 is 18.1 Å². The minimum absolute atomic E-state index is 0.541. The molecule has 1 heterocycles. The molecule has 0 unspecified atom stereocenters. The molecule has 0 amide bonds. The Labute approximate surface area is 172 Å². The predicted molar refractivity (Wildman–Crippen MR) is 124 cm³/mol. The van der Waals surface area contributed by atoms with Crippen LogP contribution in [0.1, 0.15) is 79.1 Å². The second-order valence-electron chi connectivity index (χ2n) is 7.08. The van der Waals surface area contributed by atoms with Crippen molar-refractivity contribution in [3.05, 3.63) is 0 Å². The molecule has 0 aromatic carbocycles. The van der Waals surface area contributed by atoms with Crippen LogP contribution < -0.4 is 20.7 Å². The number of unbranched alkanes of at least 4 members (excludes halogenated alkanes) is 4. The van der Waals surface area contributed by atoms with E-state index in [-0.39, 0.29) is 0 Å². The molecule has 172 valence electrons. The van der Waals surface area contributed by atoms with Crippen LogP contribution >= 0.6 is 23.5 Å². The predicted octanol–water partition coefficient (Wildman–Crippen LogP) is 5.13. The first-order chi connectivity index (χ1) is 13.4. The van der Waals surface area contributed by atoms with Gasteiger partial charge < -0.3 is 0 Å². The standard InChI is InChI=1S/C16H44N5O4P3/c1-5-9-13-22-27(23-14-10-6-2)19-26(17,18)20-28(21-27,24-15-11-7-3)25-16-12-8-4/h19,21,27-28H,5-18H2,1-4H3. The number of nitrogens with zero attached hydrogens (tertiary/aromatic N) is 1. The van der Waals surface area contributed by atoms with E-state index in [1.54, 1.807) is 0 Å². The molecule has 12 heteroatoms. The Hall–Kier alpha value is 0.770. The fraction of sp³-hybridized carbons (Fsp3) is 1.00. The van der Waals surface area contributed by atoms with E-state index in [9.17, 15) is 0 Å². The number of nitrogens with two attached hydrogens (primary N) is 2. The van der Waals surface area contributed by atoms with Gasteiger partial charge in [0.05, 0.1) is 0 Å². The Balaban J connectivity index is 3.12. The summed E-state index contributed by atoms with van der Waals surface area (Å²) >= 11 is 0. The molecule has 1 rings (SSSR count). The van der Waals surface area contributed by atoms with E-state index in [1.807, 2.05) is 0 Å². The average molecular weight is 463 g/mol. The second kappa shape index (κ2) is 14.0. The van der Waals surface area contributed by atoms with Gasteiger partial charge in [-0.25, -0.2) is 0 Å². The van der Waals surface area contributed by atoms with Gasteiger partial charge in [0.1, 0.15) is 0 Å². The van der Waals surface area contributed by atoms with Gasteiger partial charge in [-0.3, -0.25) is 0 Å². The number of nitrogens with one attached hydrogen (secondary N) is 2. The molecule has 0 atom stereocenters. The van der Waals surface area contributed by atoms with Crippen molar-refractivity contribution in [2.75, 3.05) is 26.4 Å². The van der Waals surface area contributed by atoms with Crippen molar-refractivity contribution in [2.24, 2.45) is 15.5 Å². The summed E-state index contributed by atoms with van der Waals surface area (Å²) < 4.78 is 29.5. The molecule has 0 aliphatic carbocycles. The molecule has 0 saturated carbocycles. The Morgan fingerprint density at radius 2 is 1.11 bits per heavy atom. The molecule has 9 nitrogen and oxygen atoms in total. The van der Waals surface area contributed by atoms with Crippen LogP contribution in [-0.2, 0) is 18.1 Å². The van der Waals surface area contributed by atoms with Crippen LogP contribution in [0.25, 0.3) is 0 Å². The van der Waals surface area contributed by atoms with E-state index in [4.69, 9.17) is 29.1 Å². The summed E-state index contributed by atoms with van der Waals surface area (Å²) in [7, 11) is -9.19. The van der Waals surface area contributed by atoms with Crippen LogP contribution in [-0.4, -0.2) is 26.4 Å². The van der Waals surface area contributed by atoms with Crippen molar-refractivity contribution in [3.8, 4) is 0 Å². The van der Waals surface area contributed by atoms with Crippen LogP contribution in [0.3, 0.4) is 0 Å². The van der Waals surface area contributed by atoms with E-state index in [0.717, 1.165) is 51.4 Å². The van der Waals surface area contributed by atoms with E-state index < -0.39 is 23.5 Å². The summed E-state index contributed by atoms with van der Waals surface area (Å²) in [6, 6.07) is 0. The summed E-state index contributed by atoms with van der Waals surface area (Å²) in [6.07, 6.45) is 7.77. The third kappa shape index (κ3) is 9.72. The van der Waals surface area contributed by atoms with Crippen molar-refractivity contribution in [2.45, 2.75) is 79.1 Å². The maximum atomic E-state index is 6.37. The summed E-state index contributed by atoms with van der Waals surface area (Å²) in [5.74, 6) is 0. The summed E-state index contributed by atoms with van der Waals surface area (Å²) in [5, 5.41) is 0. The van der Waals surface area contributed by atoms with Gasteiger partial charge in [0.25, 0.3) is 0 Å². The van der Waals surface area contributed by atoms with Crippen LogP contribution in [0.4, 0.5) is 0 Å². The number of hydrogen-bond acceptors (Lipinski definition) is 9. The van der Waals surface area contributed by atoms with Crippen molar-refractivity contribution >= 4 is 23.5 Å². The monoisotopic (exact) mass is 463 g/mol. The molecular weight excluding hydrogens is 419 g/mol. The number of hydrogen-bond donors (Lipinski definition) is 4. The molecule has 1 aliphatic heterocycles. The van der Waals surface area contributed by atoms with Crippen LogP contribution in [0.5, 0.6) is 0 Å². The Kier molecular flexibility index (Phi) is 13.4. The van der Waals surface area contributed by atoms with Crippen molar-refractivity contribution in [1.82, 2.24) is 9.72 Å². The molecular formula is C16H44N5O4P3. The van der Waals surface area contributed by atoms with Gasteiger partial charge in [-0.15, -0.1) is 0 Å². The van der Waals surface area contributed by atoms with Crippen molar-refractivity contribution in [3.63, 3.8) is 0 Å². The van der Waals surface area contributed by atoms with Crippen LogP contribution in [0.2, 0.25) is 0 Å². The van der Waals surface area contributed by atoms with Gasteiger partial charge in [-0.2, -0.15) is 0 Å². The Morgan fingerprint density at radius 3 is 1.50 bits per heavy atom. The van der Waals surface area contributed by atoms with Gasteiger partial charge in [0.15, 0.2) is 0 Å². The maximum absolute atomic E-state index is 6.37. The Bertz CT molecular complexity index is 461. The molecule has 1 aliphatic rings. The fourth-order valence-electron chi connectivity index (χ4n) is 2.52. The van der Waals surface area contributed by atoms with Gasteiger partial charge in [0.2, 0.25) is 0 Å². The molecule has 28 heavy (non-hydrogen) atoms. The topological polar surface area (TPSA) is 125 Å². The fourth-order valence-corrected chi connectivity index (χ4v) is 13.8. The molecule has 0 radical (unpaired) electrons. The molecule has 0 saturated heterocycles. The summed E-state index contributed by atoms with van der Waals surface area (Å²) in [6.45, 7) is 10.7. The normalized spacial score (nSPS) is 22.4. The first-order valence-electron chi connectivity index (χ1n) is 10.7. The Morgan fingerprint density at radius 1 is 0.714 bits per heavy atom. The third-order valence-electron chi connectivity index (χ3n) is 4.14. The SMILES string of the molecule is CCCCO[PH]1(OCCCC)N=P(N)(N)N[PH](OCCCC)(OCCCC)N1. The molecule has 6 N–H and O–H groups in total. The molecule has 0 aromatic heterocycles. The van der Waals surface area contributed by atoms with Gasteiger partial charge in [-0.1, -0.05) is 0 Å². The summed E-state index contributed by atoms with van der Waals surface area (Å²) in [5.41, 5.74) is 12.7. The molecule has 0 bridgehead atoms. The second-order valence-corrected chi connectivity index (χ2v) is 14.8. The van der Waals surface area contributed by atoms with Gasteiger partial charge in [0, 0.05) is 0 Å². The molecule has 0 aromatic rings. The van der Waals surface area contributed by atoms with Gasteiger partial charge in [-0.05, 0) is 0 Å². The first-order valence-corrected chi connectivity index (χ1v) is 16.2. The van der Waals surface area contributed by atoms with E-state index in [2.05, 4.69) is 41.9 Å². The zero-order valence-electron chi connectivity index (χ0n) is 18.2. The van der Waals surface area contributed by atoms with E-state index in [1.165, 1.54) is 0 Å². The number of rotatable bonds is 16. The van der Waals surface area contributed by atoms with Gasteiger partial charge >= 0.3 is 172 Å². The average Bonchev–Trinajstić information content (AvgIpc) is 2.61. The zero-order chi connectivity index (χ0) is 20.9. The zero-order valence-corrected chi connectivity index (χ0v) is 21.1. The minimum atomic E-state index is -3.22. The molecule has 0 fully saturated rings. The summed E-state index contributed by atoms with van der Waals surface area (Å²) in [4.78, 5) is 6.67. The van der Waals surface area contributed by atoms with Crippen LogP contribution in [0, 0.1) is 0 Å². The molecule has 0 spiro atoms.